The van der Waals surface area contributed by atoms with Crippen LogP contribution in [0.1, 0.15) is 12.0 Å². The third-order valence-electron chi connectivity index (χ3n) is 3.07. The predicted octanol–water partition coefficient (Wildman–Crippen LogP) is 2.63. The molecule has 1 heterocycles. The van der Waals surface area contributed by atoms with Crippen LogP contribution in [0.25, 0.3) is 0 Å². The Kier molecular flexibility index (Phi) is 3.61. The lowest BCUT2D eigenvalue weighted by Gasteiger charge is -2.19. The molecule has 0 radical (unpaired) electrons. The molecule has 17 heavy (non-hydrogen) atoms. The maximum atomic E-state index is 12.0. The van der Waals surface area contributed by atoms with Gasteiger partial charge < -0.3 is 10.2 Å². The van der Waals surface area contributed by atoms with Crippen LogP contribution in [-0.2, 0) is 4.79 Å². The van der Waals surface area contributed by atoms with E-state index in [0.29, 0.717) is 22.3 Å². The summed E-state index contributed by atoms with van der Waals surface area (Å²) in [6, 6.07) is 3.43. The minimum atomic E-state index is -0.119. The van der Waals surface area contributed by atoms with E-state index in [-0.39, 0.29) is 11.9 Å². The van der Waals surface area contributed by atoms with Crippen LogP contribution in [0.15, 0.2) is 12.1 Å². The summed E-state index contributed by atoms with van der Waals surface area (Å²) in [4.78, 5) is 13.7. The first-order chi connectivity index (χ1) is 8.04. The van der Waals surface area contributed by atoms with Gasteiger partial charge in [-0.25, -0.2) is 0 Å². The highest BCUT2D eigenvalue weighted by Gasteiger charge is 2.32. The van der Waals surface area contributed by atoms with Gasteiger partial charge in [-0.2, -0.15) is 0 Å². The molecule has 0 spiro atoms. The first-order valence-electron chi connectivity index (χ1n) is 5.49. The van der Waals surface area contributed by atoms with Crippen LogP contribution in [0.4, 0.5) is 5.69 Å². The quantitative estimate of drug-likeness (QED) is 0.898. The fourth-order valence-electron chi connectivity index (χ4n) is 2.03. The van der Waals surface area contributed by atoms with Crippen LogP contribution >= 0.6 is 23.2 Å². The zero-order valence-electron chi connectivity index (χ0n) is 9.76. The molecule has 1 atom stereocenters. The maximum absolute atomic E-state index is 12.0. The molecule has 1 unspecified atom stereocenters. The van der Waals surface area contributed by atoms with Crippen molar-refractivity contribution >= 4 is 34.8 Å². The van der Waals surface area contributed by atoms with E-state index >= 15 is 0 Å². The second kappa shape index (κ2) is 4.84. The zero-order valence-corrected chi connectivity index (χ0v) is 11.3. The van der Waals surface area contributed by atoms with Crippen LogP contribution in [0.5, 0.6) is 0 Å². The molecular formula is C12H14Cl2N2O. The van der Waals surface area contributed by atoms with Crippen LogP contribution in [0, 0.1) is 6.92 Å². The molecule has 3 nitrogen and oxygen atoms in total. The molecule has 1 aromatic rings. The van der Waals surface area contributed by atoms with Gasteiger partial charge in [0.1, 0.15) is 0 Å². The van der Waals surface area contributed by atoms with Crippen molar-refractivity contribution in [2.45, 2.75) is 19.4 Å². The normalized spacial score (nSPS) is 20.1. The largest absolute Gasteiger partial charge is 0.309 e. The highest BCUT2D eigenvalue weighted by molar-refractivity contribution is 6.36. The predicted molar refractivity (Wildman–Crippen MR) is 71.0 cm³/mol. The number of carbonyl (C=O) groups is 1. The van der Waals surface area contributed by atoms with Crippen molar-refractivity contribution in [3.8, 4) is 0 Å². The van der Waals surface area contributed by atoms with Crippen molar-refractivity contribution < 1.29 is 4.79 Å². The summed E-state index contributed by atoms with van der Waals surface area (Å²) < 4.78 is 0. The molecule has 0 aliphatic carbocycles. The Balaban J connectivity index is 2.36. The lowest BCUT2D eigenvalue weighted by molar-refractivity contribution is -0.118. The first kappa shape index (κ1) is 12.7. The van der Waals surface area contributed by atoms with E-state index in [1.807, 2.05) is 6.92 Å². The van der Waals surface area contributed by atoms with Crippen molar-refractivity contribution in [1.82, 2.24) is 5.32 Å². The lowest BCUT2D eigenvalue weighted by Crippen LogP contribution is -2.36. The second-order valence-electron chi connectivity index (χ2n) is 4.17. The SMILES string of the molecule is CNC1CCN(c2cc(Cl)c(C)cc2Cl)C1=O. The van der Waals surface area contributed by atoms with Gasteiger partial charge in [0.15, 0.2) is 0 Å². The van der Waals surface area contributed by atoms with E-state index in [0.717, 1.165) is 12.0 Å². The topological polar surface area (TPSA) is 32.3 Å². The fourth-order valence-corrected chi connectivity index (χ4v) is 2.51. The number of likely N-dealkylation sites (N-methyl/N-ethyl adjacent to an activating group) is 1. The van der Waals surface area contributed by atoms with Crippen molar-refractivity contribution in [3.63, 3.8) is 0 Å². The van der Waals surface area contributed by atoms with Gasteiger partial charge in [-0.3, -0.25) is 4.79 Å². The molecule has 1 fully saturated rings. The smallest absolute Gasteiger partial charge is 0.244 e. The average molecular weight is 273 g/mol. The number of halogens is 2. The molecular weight excluding hydrogens is 259 g/mol. The lowest BCUT2D eigenvalue weighted by atomic mass is 10.2. The Labute approximate surface area is 111 Å². The Morgan fingerprint density at radius 1 is 1.35 bits per heavy atom. The molecule has 1 amide bonds. The standard InChI is InChI=1S/C12H14Cl2N2O/c1-7-5-9(14)11(6-8(7)13)16-4-3-10(15-2)12(16)17/h5-6,10,15H,3-4H2,1-2H3. The summed E-state index contributed by atoms with van der Waals surface area (Å²) >= 11 is 12.2. The van der Waals surface area contributed by atoms with E-state index in [2.05, 4.69) is 5.32 Å². The van der Waals surface area contributed by atoms with Crippen molar-refractivity contribution in [1.29, 1.82) is 0 Å². The number of hydrogen-bond donors (Lipinski definition) is 1. The van der Waals surface area contributed by atoms with Gasteiger partial charge in [-0.15, -0.1) is 0 Å². The van der Waals surface area contributed by atoms with Crippen LogP contribution < -0.4 is 10.2 Å². The van der Waals surface area contributed by atoms with E-state index in [9.17, 15) is 4.79 Å². The van der Waals surface area contributed by atoms with E-state index in [1.54, 1.807) is 24.1 Å². The van der Waals surface area contributed by atoms with Crippen LogP contribution in [-0.4, -0.2) is 25.5 Å². The molecule has 5 heteroatoms. The van der Waals surface area contributed by atoms with Gasteiger partial charge in [0.05, 0.1) is 16.8 Å². The Bertz CT molecular complexity index is 462. The minimum absolute atomic E-state index is 0.0503. The second-order valence-corrected chi connectivity index (χ2v) is 4.99. The number of nitrogens with one attached hydrogen (secondary N) is 1. The molecule has 92 valence electrons. The number of anilines is 1. The van der Waals surface area contributed by atoms with Gasteiger partial charge in [-0.1, -0.05) is 23.2 Å². The van der Waals surface area contributed by atoms with Crippen molar-refractivity contribution in [2.75, 3.05) is 18.5 Å². The summed E-state index contributed by atoms with van der Waals surface area (Å²) in [6.45, 7) is 2.56. The Morgan fingerprint density at radius 3 is 2.65 bits per heavy atom. The van der Waals surface area contributed by atoms with Gasteiger partial charge in [0.2, 0.25) is 5.91 Å². The number of rotatable bonds is 2. The summed E-state index contributed by atoms with van der Waals surface area (Å²) in [5.41, 5.74) is 1.61. The van der Waals surface area contributed by atoms with Crippen molar-refractivity contribution in [2.24, 2.45) is 0 Å². The van der Waals surface area contributed by atoms with Gasteiger partial charge in [0, 0.05) is 11.6 Å². The number of hydrogen-bond acceptors (Lipinski definition) is 2. The number of carbonyl (C=O) groups excluding carboxylic acids is 1. The molecule has 1 aliphatic heterocycles. The minimum Gasteiger partial charge on any atom is -0.309 e. The maximum Gasteiger partial charge on any atom is 0.244 e. The molecule has 1 N–H and O–H groups in total. The molecule has 1 aliphatic rings. The molecule has 2 rings (SSSR count). The zero-order chi connectivity index (χ0) is 12.6. The fraction of sp³-hybridized carbons (Fsp3) is 0.417. The molecule has 1 saturated heterocycles. The van der Waals surface area contributed by atoms with E-state index < -0.39 is 0 Å². The molecule has 1 aromatic carbocycles. The number of nitrogens with zero attached hydrogens (tertiary/aromatic N) is 1. The first-order valence-corrected chi connectivity index (χ1v) is 6.24. The highest BCUT2D eigenvalue weighted by Crippen LogP contribution is 2.33. The molecule has 0 aromatic heterocycles. The van der Waals surface area contributed by atoms with Crippen LogP contribution in [0.2, 0.25) is 10.0 Å². The molecule has 0 bridgehead atoms. The van der Waals surface area contributed by atoms with Gasteiger partial charge in [-0.05, 0) is 38.1 Å². The summed E-state index contributed by atoms with van der Waals surface area (Å²) in [6.07, 6.45) is 0.789. The summed E-state index contributed by atoms with van der Waals surface area (Å²) in [5.74, 6) is 0.0503. The van der Waals surface area contributed by atoms with E-state index in [1.165, 1.54) is 0 Å². The van der Waals surface area contributed by atoms with Gasteiger partial charge in [0.25, 0.3) is 0 Å². The number of aryl methyl sites for hydroxylation is 1. The van der Waals surface area contributed by atoms with Gasteiger partial charge >= 0.3 is 0 Å². The van der Waals surface area contributed by atoms with Crippen molar-refractivity contribution in [3.05, 3.63) is 27.7 Å². The van der Waals surface area contributed by atoms with E-state index in [4.69, 9.17) is 23.2 Å². The third kappa shape index (κ3) is 2.28. The average Bonchev–Trinajstić information content (AvgIpc) is 2.65. The number of benzene rings is 1. The third-order valence-corrected chi connectivity index (χ3v) is 3.78. The highest BCUT2D eigenvalue weighted by atomic mass is 35.5. The monoisotopic (exact) mass is 272 g/mol. The molecule has 0 saturated carbocycles. The number of amides is 1. The van der Waals surface area contributed by atoms with Crippen LogP contribution in [0.3, 0.4) is 0 Å². The summed E-state index contributed by atoms with van der Waals surface area (Å²) in [7, 11) is 1.79. The summed E-state index contributed by atoms with van der Waals surface area (Å²) in [5, 5.41) is 4.19. The Morgan fingerprint density at radius 2 is 2.06 bits per heavy atom. The Hall–Kier alpha value is -0.770.